The van der Waals surface area contributed by atoms with Crippen LogP contribution in [0.25, 0.3) is 9.65 Å². The molecule has 1 aromatic heterocycles. The quantitative estimate of drug-likeness (QED) is 0.176. The maximum atomic E-state index is 7.08. The van der Waals surface area contributed by atoms with Crippen molar-refractivity contribution in [2.24, 2.45) is 0 Å². The normalized spacial score (nSPS) is 21.4. The molecule has 0 radical (unpaired) electrons. The molecule has 6 heteroatoms. The van der Waals surface area contributed by atoms with Gasteiger partial charge < -0.3 is 0 Å². The molecule has 10 rings (SSSR count). The van der Waals surface area contributed by atoms with Crippen molar-refractivity contribution < 1.29 is 9.47 Å². The van der Waals surface area contributed by atoms with E-state index in [1.807, 2.05) is 0 Å². The number of hydrogen-bond donors (Lipinski definition) is 0. The van der Waals surface area contributed by atoms with Crippen molar-refractivity contribution in [1.29, 1.82) is 0 Å². The van der Waals surface area contributed by atoms with Gasteiger partial charge in [0.25, 0.3) is 0 Å². The molecule has 0 saturated heterocycles. The summed E-state index contributed by atoms with van der Waals surface area (Å²) in [6, 6.07) is 39.9. The second kappa shape index (κ2) is 9.82. The number of anilines is 5. The molecule has 3 aliphatic heterocycles. The van der Waals surface area contributed by atoms with E-state index in [1.165, 1.54) is 74.3 Å². The summed E-state index contributed by atoms with van der Waals surface area (Å²) in [7, 11) is 1.78. The van der Waals surface area contributed by atoms with Gasteiger partial charge in [-0.15, -0.1) is 0 Å². The van der Waals surface area contributed by atoms with Gasteiger partial charge in [-0.1, -0.05) is 0 Å². The summed E-state index contributed by atoms with van der Waals surface area (Å²) in [5.74, 6) is 1.81. The molecule has 5 aromatic carbocycles. The third kappa shape index (κ3) is 3.55. The minimum absolute atomic E-state index is 0.0139. The monoisotopic (exact) mass is 678 g/mol. The van der Waals surface area contributed by atoms with Crippen LogP contribution in [0.15, 0.2) is 109 Å². The van der Waals surface area contributed by atoms with E-state index in [1.54, 1.807) is 7.11 Å². The number of nitrogens with zero attached hydrogens (tertiary/aromatic N) is 2. The van der Waals surface area contributed by atoms with Crippen LogP contribution in [0.1, 0.15) is 45.1 Å². The Morgan fingerprint density at radius 2 is 1.53 bits per heavy atom. The zero-order chi connectivity index (χ0) is 31.5. The molecule has 4 aliphatic rings. The van der Waals surface area contributed by atoms with Crippen LogP contribution in [0, 0.1) is 0 Å². The molecule has 0 N–H and O–H groups in total. The molecule has 0 amide bonds. The van der Waals surface area contributed by atoms with Crippen LogP contribution < -0.4 is 35.7 Å². The maximum absolute atomic E-state index is 7.08. The molecule has 2 atom stereocenters. The van der Waals surface area contributed by atoms with E-state index in [9.17, 15) is 0 Å². The van der Waals surface area contributed by atoms with Crippen LogP contribution in [0.3, 0.4) is 0 Å². The van der Waals surface area contributed by atoms with Crippen LogP contribution >= 0.6 is 0 Å². The number of fused-ring (bicyclic) bond motifs is 9. The Morgan fingerprint density at radius 1 is 0.809 bits per heavy atom. The van der Waals surface area contributed by atoms with Crippen molar-refractivity contribution in [1.82, 2.24) is 0 Å². The number of para-hydroxylation sites is 3. The summed E-state index contributed by atoms with van der Waals surface area (Å²) < 4.78 is 15.5. The fourth-order valence-corrected chi connectivity index (χ4v) is 12.0. The Kier molecular flexibility index (Phi) is 5.79. The molecule has 4 nitrogen and oxygen atoms in total. The molecule has 0 bridgehead atoms. The molecule has 47 heavy (non-hydrogen) atoms. The first-order valence-electron chi connectivity index (χ1n) is 16.8. The van der Waals surface area contributed by atoms with Crippen molar-refractivity contribution in [3.05, 3.63) is 115 Å². The molecular weight excluding hydrogens is 642 g/mol. The van der Waals surface area contributed by atoms with Crippen molar-refractivity contribution in [3.8, 4) is 16.1 Å². The zero-order valence-electron chi connectivity index (χ0n) is 26.9. The summed E-state index contributed by atoms with van der Waals surface area (Å²) in [5, 5.41) is 1.32. The number of hydrogen-bond acceptors (Lipinski definition) is 4. The van der Waals surface area contributed by atoms with Crippen molar-refractivity contribution >= 4 is 75.7 Å². The molecule has 0 spiro atoms. The minimum atomic E-state index is -0.0228. The molecule has 1 aliphatic carbocycles. The predicted molar refractivity (Wildman–Crippen MR) is 196 cm³/mol. The molecule has 1 fully saturated rings. The van der Waals surface area contributed by atoms with Crippen molar-refractivity contribution in [2.75, 3.05) is 16.9 Å². The van der Waals surface area contributed by atoms with Gasteiger partial charge in [-0.2, -0.15) is 0 Å². The van der Waals surface area contributed by atoms with Crippen molar-refractivity contribution in [3.63, 3.8) is 0 Å². The summed E-state index contributed by atoms with van der Waals surface area (Å²) in [6.07, 6.45) is 4.92. The van der Waals surface area contributed by atoms with Crippen LogP contribution in [0.4, 0.5) is 28.4 Å². The second-order valence-electron chi connectivity index (χ2n) is 13.9. The number of ether oxygens (including phenoxy) is 2. The third-order valence-corrected chi connectivity index (χ3v) is 14.1. The van der Waals surface area contributed by atoms with Crippen LogP contribution in [-0.4, -0.2) is 33.9 Å². The summed E-state index contributed by atoms with van der Waals surface area (Å²) in [6.45, 7) is 5.14. The summed E-state index contributed by atoms with van der Waals surface area (Å²) >= 11 is -0.0228. The van der Waals surface area contributed by atoms with Crippen LogP contribution in [-0.2, 0) is 5.41 Å². The molecular formula is C41H35BN2O2Se. The molecule has 4 heterocycles. The van der Waals surface area contributed by atoms with Gasteiger partial charge in [-0.05, 0) is 0 Å². The Bertz CT molecular complexity index is 2190. The van der Waals surface area contributed by atoms with Gasteiger partial charge in [0, 0.05) is 0 Å². The molecule has 2 unspecified atom stereocenters. The van der Waals surface area contributed by atoms with Crippen molar-refractivity contribution in [2.45, 2.75) is 50.5 Å². The Balaban J connectivity index is 1.26. The van der Waals surface area contributed by atoms with Crippen LogP contribution in [0.2, 0.25) is 0 Å². The average Bonchev–Trinajstić information content (AvgIpc) is 3.58. The van der Waals surface area contributed by atoms with Gasteiger partial charge in [0.1, 0.15) is 0 Å². The van der Waals surface area contributed by atoms with E-state index < -0.39 is 0 Å². The van der Waals surface area contributed by atoms with E-state index in [4.69, 9.17) is 9.47 Å². The van der Waals surface area contributed by atoms with E-state index in [0.717, 1.165) is 27.5 Å². The standard InChI is InChI=1S/C41H35BN2O2Se/c1-40-22-10-11-23-41(40,2)44-33-24-28(45-3)25-34-36(33)42(31-20-13-19-30(40)37(31)44)35-29-18-12-21-32(38(29)47-39(35)46-34)43(26-14-6-4-7-15-26)27-16-8-5-9-17-27/h4-9,12-21,24-25H,10-11,22-23H2,1-3H3. The summed E-state index contributed by atoms with van der Waals surface area (Å²) in [5.41, 5.74) is 11.9. The van der Waals surface area contributed by atoms with Crippen LogP contribution in [0.5, 0.6) is 16.1 Å². The number of rotatable bonds is 4. The van der Waals surface area contributed by atoms with E-state index >= 15 is 0 Å². The van der Waals surface area contributed by atoms with E-state index in [0.29, 0.717) is 0 Å². The summed E-state index contributed by atoms with van der Waals surface area (Å²) in [4.78, 5) is 5.13. The first-order valence-corrected chi connectivity index (χ1v) is 18.5. The Labute approximate surface area is 282 Å². The van der Waals surface area contributed by atoms with Gasteiger partial charge in [-0.25, -0.2) is 0 Å². The third-order valence-electron chi connectivity index (χ3n) is 11.8. The average molecular weight is 678 g/mol. The molecule has 6 aromatic rings. The van der Waals surface area contributed by atoms with Gasteiger partial charge in [0.15, 0.2) is 0 Å². The van der Waals surface area contributed by atoms with E-state index in [2.05, 4.69) is 133 Å². The molecule has 1 saturated carbocycles. The number of methoxy groups -OCH3 is 1. The Morgan fingerprint density at radius 3 is 2.28 bits per heavy atom. The topological polar surface area (TPSA) is 24.9 Å². The SMILES string of the molecule is COc1cc2c3c(c1)N1c4c(cccc4C4(C)CCCCC14C)B3c1c([se]c3c(N(c4ccccc4)c4ccccc4)cccc13)O2. The number of benzene rings is 5. The van der Waals surface area contributed by atoms with Gasteiger partial charge in [0.2, 0.25) is 0 Å². The first-order chi connectivity index (χ1) is 23.0. The van der Waals surface area contributed by atoms with Gasteiger partial charge >= 0.3 is 283 Å². The second-order valence-corrected chi connectivity index (χ2v) is 16.0. The first kappa shape index (κ1) is 27.7. The zero-order valence-corrected chi connectivity index (χ0v) is 28.6. The fourth-order valence-electron chi connectivity index (χ4n) is 9.43. The van der Waals surface area contributed by atoms with Gasteiger partial charge in [-0.3, -0.25) is 0 Å². The Hall–Kier alpha value is -4.38. The predicted octanol–water partition coefficient (Wildman–Crippen LogP) is 8.05. The van der Waals surface area contributed by atoms with E-state index in [-0.39, 0.29) is 32.2 Å². The van der Waals surface area contributed by atoms with Gasteiger partial charge in [0.05, 0.1) is 0 Å². The fraction of sp³-hybridized carbons (Fsp3) is 0.220. The molecule has 230 valence electrons.